The summed E-state index contributed by atoms with van der Waals surface area (Å²) in [6.07, 6.45) is 8.81. The molecule has 0 radical (unpaired) electrons. The van der Waals surface area contributed by atoms with Crippen molar-refractivity contribution in [1.82, 2.24) is 9.97 Å². The van der Waals surface area contributed by atoms with Crippen molar-refractivity contribution >= 4 is 11.6 Å². The predicted molar refractivity (Wildman–Crippen MR) is 75.5 cm³/mol. The van der Waals surface area contributed by atoms with E-state index in [1.807, 2.05) is 0 Å². The van der Waals surface area contributed by atoms with E-state index in [1.54, 1.807) is 6.33 Å². The number of nitrogens with one attached hydrogen (secondary N) is 1. The third-order valence-corrected chi connectivity index (χ3v) is 3.85. The summed E-state index contributed by atoms with van der Waals surface area (Å²) < 4.78 is 0. The van der Waals surface area contributed by atoms with Crippen molar-refractivity contribution in [3.63, 3.8) is 0 Å². The van der Waals surface area contributed by atoms with E-state index in [-0.39, 0.29) is 0 Å². The lowest BCUT2D eigenvalue weighted by molar-refractivity contribution is 0.485. The Kier molecular flexibility index (Phi) is 4.04. The van der Waals surface area contributed by atoms with Crippen molar-refractivity contribution in [2.24, 2.45) is 5.41 Å². The molecule has 2 rings (SSSR count). The molecule has 4 nitrogen and oxygen atoms in total. The Morgan fingerprint density at radius 3 is 2.67 bits per heavy atom. The van der Waals surface area contributed by atoms with Crippen LogP contribution in [0.25, 0.3) is 0 Å². The molecule has 0 aromatic carbocycles. The van der Waals surface area contributed by atoms with Gasteiger partial charge in [0, 0.05) is 12.1 Å². The highest BCUT2D eigenvalue weighted by Crippen LogP contribution is 2.49. The first-order valence-electron chi connectivity index (χ1n) is 7.04. The Morgan fingerprint density at radius 2 is 2.06 bits per heavy atom. The van der Waals surface area contributed by atoms with Gasteiger partial charge in [0.1, 0.15) is 18.0 Å². The fraction of sp³-hybridized carbons (Fsp3) is 0.714. The quantitative estimate of drug-likeness (QED) is 0.778. The Labute approximate surface area is 109 Å². The van der Waals surface area contributed by atoms with E-state index in [2.05, 4.69) is 29.1 Å². The van der Waals surface area contributed by atoms with Crippen LogP contribution in [-0.4, -0.2) is 16.5 Å². The summed E-state index contributed by atoms with van der Waals surface area (Å²) >= 11 is 0. The first-order valence-corrected chi connectivity index (χ1v) is 7.04. The smallest absolute Gasteiger partial charge is 0.134 e. The molecule has 100 valence electrons. The van der Waals surface area contributed by atoms with Crippen LogP contribution in [0.3, 0.4) is 0 Å². The average molecular weight is 248 g/mol. The fourth-order valence-corrected chi connectivity index (χ4v) is 2.57. The van der Waals surface area contributed by atoms with Gasteiger partial charge in [-0.1, -0.05) is 26.7 Å². The number of nitrogen functional groups attached to an aromatic ring is 1. The van der Waals surface area contributed by atoms with E-state index in [0.717, 1.165) is 30.8 Å². The van der Waals surface area contributed by atoms with E-state index >= 15 is 0 Å². The van der Waals surface area contributed by atoms with Crippen LogP contribution >= 0.6 is 0 Å². The highest BCUT2D eigenvalue weighted by molar-refractivity contribution is 5.55. The summed E-state index contributed by atoms with van der Waals surface area (Å²) in [5.41, 5.74) is 7.53. The minimum Gasteiger partial charge on any atom is -0.383 e. The van der Waals surface area contributed by atoms with Crippen molar-refractivity contribution < 1.29 is 0 Å². The molecule has 0 atom stereocenters. The highest BCUT2D eigenvalue weighted by Gasteiger charge is 2.41. The second kappa shape index (κ2) is 5.55. The van der Waals surface area contributed by atoms with Gasteiger partial charge in [0.15, 0.2) is 0 Å². The molecule has 0 spiro atoms. The van der Waals surface area contributed by atoms with E-state index < -0.39 is 0 Å². The number of nitrogens with zero attached hydrogens (tertiary/aromatic N) is 2. The Hall–Kier alpha value is -1.32. The number of rotatable bonds is 7. The van der Waals surface area contributed by atoms with Gasteiger partial charge in [-0.25, -0.2) is 9.97 Å². The van der Waals surface area contributed by atoms with Crippen LogP contribution in [0.5, 0.6) is 0 Å². The molecule has 1 aromatic heterocycles. The van der Waals surface area contributed by atoms with E-state index in [1.165, 1.54) is 25.7 Å². The van der Waals surface area contributed by atoms with Crippen LogP contribution in [-0.2, 0) is 6.42 Å². The molecular formula is C14H24N4. The average Bonchev–Trinajstić information content (AvgIpc) is 3.11. The fourth-order valence-electron chi connectivity index (χ4n) is 2.57. The first-order chi connectivity index (χ1) is 8.71. The molecule has 0 saturated heterocycles. The largest absolute Gasteiger partial charge is 0.383 e. The maximum absolute atomic E-state index is 5.93. The standard InChI is InChI=1S/C14H24N4/c1-3-5-11-12(15)17-10-18-13(11)16-9-14(6-4-2)7-8-14/h10H,3-9H2,1-2H3,(H3,15,16,17,18). The molecule has 1 saturated carbocycles. The molecule has 0 bridgehead atoms. The van der Waals surface area contributed by atoms with Crippen LogP contribution in [0, 0.1) is 5.41 Å². The molecule has 1 aliphatic rings. The Morgan fingerprint density at radius 1 is 1.28 bits per heavy atom. The Bertz CT molecular complexity index is 399. The lowest BCUT2D eigenvalue weighted by atomic mass is 10.0. The van der Waals surface area contributed by atoms with Crippen molar-refractivity contribution in [1.29, 1.82) is 0 Å². The van der Waals surface area contributed by atoms with Crippen molar-refractivity contribution in [2.75, 3.05) is 17.6 Å². The summed E-state index contributed by atoms with van der Waals surface area (Å²) in [4.78, 5) is 8.43. The third kappa shape index (κ3) is 2.92. The SMILES string of the molecule is CCCc1c(N)ncnc1NCC1(CCC)CC1. The molecule has 18 heavy (non-hydrogen) atoms. The molecule has 0 aliphatic heterocycles. The van der Waals surface area contributed by atoms with Crippen LogP contribution in [0.15, 0.2) is 6.33 Å². The van der Waals surface area contributed by atoms with Crippen LogP contribution in [0.1, 0.15) is 51.5 Å². The maximum atomic E-state index is 5.93. The number of hydrogen-bond donors (Lipinski definition) is 2. The number of aromatic nitrogens is 2. The monoisotopic (exact) mass is 248 g/mol. The number of nitrogens with two attached hydrogens (primary N) is 1. The number of hydrogen-bond acceptors (Lipinski definition) is 4. The van der Waals surface area contributed by atoms with Crippen LogP contribution in [0.4, 0.5) is 11.6 Å². The topological polar surface area (TPSA) is 63.8 Å². The van der Waals surface area contributed by atoms with Gasteiger partial charge in [0.2, 0.25) is 0 Å². The number of anilines is 2. The van der Waals surface area contributed by atoms with Crippen molar-refractivity contribution in [3.8, 4) is 0 Å². The third-order valence-electron chi connectivity index (χ3n) is 3.85. The van der Waals surface area contributed by atoms with Gasteiger partial charge in [0.05, 0.1) is 0 Å². The molecule has 3 N–H and O–H groups in total. The molecule has 1 heterocycles. The molecular weight excluding hydrogens is 224 g/mol. The van der Waals surface area contributed by atoms with E-state index in [0.29, 0.717) is 11.2 Å². The molecule has 0 amide bonds. The van der Waals surface area contributed by atoms with Crippen molar-refractivity contribution in [3.05, 3.63) is 11.9 Å². The highest BCUT2D eigenvalue weighted by atomic mass is 15.0. The normalized spacial score (nSPS) is 16.6. The summed E-state index contributed by atoms with van der Waals surface area (Å²) in [5, 5.41) is 3.50. The zero-order valence-electron chi connectivity index (χ0n) is 11.5. The van der Waals surface area contributed by atoms with Gasteiger partial charge in [-0.3, -0.25) is 0 Å². The summed E-state index contributed by atoms with van der Waals surface area (Å²) in [6, 6.07) is 0. The van der Waals surface area contributed by atoms with Gasteiger partial charge in [-0.05, 0) is 31.1 Å². The molecule has 4 heteroatoms. The maximum Gasteiger partial charge on any atom is 0.134 e. The van der Waals surface area contributed by atoms with Gasteiger partial charge in [-0.2, -0.15) is 0 Å². The lowest BCUT2D eigenvalue weighted by Crippen LogP contribution is -2.17. The van der Waals surface area contributed by atoms with Crippen LogP contribution < -0.4 is 11.1 Å². The zero-order chi connectivity index (χ0) is 13.0. The molecule has 1 aromatic rings. The van der Waals surface area contributed by atoms with Crippen molar-refractivity contribution in [2.45, 2.75) is 52.4 Å². The van der Waals surface area contributed by atoms with Gasteiger partial charge >= 0.3 is 0 Å². The van der Waals surface area contributed by atoms with E-state index in [4.69, 9.17) is 5.73 Å². The lowest BCUT2D eigenvalue weighted by Gasteiger charge is -2.17. The summed E-state index contributed by atoms with van der Waals surface area (Å²) in [6.45, 7) is 5.43. The van der Waals surface area contributed by atoms with Gasteiger partial charge in [-0.15, -0.1) is 0 Å². The minimum atomic E-state index is 0.526. The van der Waals surface area contributed by atoms with Gasteiger partial charge < -0.3 is 11.1 Å². The molecule has 1 aliphatic carbocycles. The summed E-state index contributed by atoms with van der Waals surface area (Å²) in [7, 11) is 0. The van der Waals surface area contributed by atoms with Crippen LogP contribution in [0.2, 0.25) is 0 Å². The first kappa shape index (κ1) is 13.1. The van der Waals surface area contributed by atoms with Gasteiger partial charge in [0.25, 0.3) is 0 Å². The molecule has 1 fully saturated rings. The Balaban J connectivity index is 2.02. The second-order valence-corrected chi connectivity index (χ2v) is 5.44. The predicted octanol–water partition coefficient (Wildman–Crippen LogP) is 3.00. The van der Waals surface area contributed by atoms with E-state index in [9.17, 15) is 0 Å². The zero-order valence-corrected chi connectivity index (χ0v) is 11.5. The minimum absolute atomic E-state index is 0.526. The molecule has 0 unspecified atom stereocenters. The summed E-state index contributed by atoms with van der Waals surface area (Å²) in [5.74, 6) is 1.56. The second-order valence-electron chi connectivity index (χ2n) is 5.44.